The van der Waals surface area contributed by atoms with Gasteiger partial charge in [-0.25, -0.2) is 0 Å². The Morgan fingerprint density at radius 3 is 2.21 bits per heavy atom. The Labute approximate surface area is 118 Å². The molecule has 0 aromatic heterocycles. The number of carbonyl (C=O) groups is 1. The Kier molecular flexibility index (Phi) is 7.70. The Morgan fingerprint density at radius 2 is 1.84 bits per heavy atom. The Morgan fingerprint density at radius 1 is 1.32 bits per heavy atom. The van der Waals surface area contributed by atoms with E-state index in [0.717, 1.165) is 19.5 Å². The normalized spacial score (nSPS) is 13.4. The van der Waals surface area contributed by atoms with Crippen LogP contribution in [0.4, 0.5) is 0 Å². The van der Waals surface area contributed by atoms with Crippen molar-refractivity contribution >= 4 is 5.91 Å². The second kappa shape index (κ2) is 8.16. The molecule has 1 N–H and O–H groups in total. The third-order valence-electron chi connectivity index (χ3n) is 3.42. The SMILES string of the molecule is CCN(CC)C(CNC(=O)C(C)(C)C#N)CC(C)C. The fraction of sp³-hybridized carbons (Fsp3) is 0.867. The van der Waals surface area contributed by atoms with E-state index >= 15 is 0 Å². The van der Waals surface area contributed by atoms with Crippen LogP contribution in [-0.2, 0) is 4.79 Å². The zero-order valence-electron chi connectivity index (χ0n) is 13.3. The number of hydrogen-bond acceptors (Lipinski definition) is 3. The highest BCUT2D eigenvalue weighted by Gasteiger charge is 2.28. The van der Waals surface area contributed by atoms with Gasteiger partial charge in [0.25, 0.3) is 0 Å². The first-order valence-corrected chi connectivity index (χ1v) is 7.22. The van der Waals surface area contributed by atoms with Crippen molar-refractivity contribution in [3.8, 4) is 6.07 Å². The van der Waals surface area contributed by atoms with Crippen molar-refractivity contribution in [3.63, 3.8) is 0 Å². The van der Waals surface area contributed by atoms with Gasteiger partial charge in [0.15, 0.2) is 0 Å². The first-order valence-electron chi connectivity index (χ1n) is 7.22. The molecule has 0 bridgehead atoms. The van der Waals surface area contributed by atoms with Gasteiger partial charge in [0.2, 0.25) is 5.91 Å². The van der Waals surface area contributed by atoms with Crippen LogP contribution in [0.2, 0.25) is 0 Å². The van der Waals surface area contributed by atoms with E-state index in [2.05, 4.69) is 37.9 Å². The molecule has 0 heterocycles. The minimum Gasteiger partial charge on any atom is -0.353 e. The second-order valence-corrected chi connectivity index (χ2v) is 5.95. The van der Waals surface area contributed by atoms with Crippen LogP contribution >= 0.6 is 0 Å². The van der Waals surface area contributed by atoms with Gasteiger partial charge in [-0.05, 0) is 39.3 Å². The smallest absolute Gasteiger partial charge is 0.239 e. The van der Waals surface area contributed by atoms with Crippen molar-refractivity contribution in [2.45, 2.75) is 54.0 Å². The summed E-state index contributed by atoms with van der Waals surface area (Å²) in [5.41, 5.74) is -0.953. The lowest BCUT2D eigenvalue weighted by atomic mass is 9.94. The summed E-state index contributed by atoms with van der Waals surface area (Å²) in [6.45, 7) is 14.5. The molecular formula is C15H29N3O. The van der Waals surface area contributed by atoms with E-state index in [1.807, 2.05) is 6.07 Å². The minimum absolute atomic E-state index is 0.184. The van der Waals surface area contributed by atoms with Crippen LogP contribution in [0.15, 0.2) is 0 Å². The molecule has 110 valence electrons. The zero-order valence-corrected chi connectivity index (χ0v) is 13.3. The third kappa shape index (κ3) is 6.07. The van der Waals surface area contributed by atoms with E-state index in [-0.39, 0.29) is 5.91 Å². The van der Waals surface area contributed by atoms with Gasteiger partial charge in [-0.2, -0.15) is 5.26 Å². The average molecular weight is 267 g/mol. The van der Waals surface area contributed by atoms with Crippen molar-refractivity contribution in [1.29, 1.82) is 5.26 Å². The molecule has 0 radical (unpaired) electrons. The maximum Gasteiger partial charge on any atom is 0.239 e. The molecule has 4 nitrogen and oxygen atoms in total. The van der Waals surface area contributed by atoms with Gasteiger partial charge >= 0.3 is 0 Å². The van der Waals surface area contributed by atoms with E-state index in [9.17, 15) is 4.79 Å². The number of amides is 1. The summed E-state index contributed by atoms with van der Waals surface area (Å²) in [4.78, 5) is 14.3. The summed E-state index contributed by atoms with van der Waals surface area (Å²) in [7, 11) is 0. The number of hydrogen-bond donors (Lipinski definition) is 1. The Balaban J connectivity index is 4.59. The molecule has 4 heteroatoms. The maximum absolute atomic E-state index is 11.9. The summed E-state index contributed by atoms with van der Waals surface area (Å²) in [6.07, 6.45) is 1.05. The zero-order chi connectivity index (χ0) is 15.1. The Hall–Kier alpha value is -1.08. The van der Waals surface area contributed by atoms with Gasteiger partial charge in [-0.3, -0.25) is 9.69 Å². The highest BCUT2D eigenvalue weighted by molar-refractivity contribution is 5.84. The second-order valence-electron chi connectivity index (χ2n) is 5.95. The lowest BCUT2D eigenvalue weighted by molar-refractivity contribution is -0.127. The molecule has 1 amide bonds. The van der Waals surface area contributed by atoms with Crippen LogP contribution in [0.1, 0.15) is 48.0 Å². The van der Waals surface area contributed by atoms with Crippen LogP contribution in [0.25, 0.3) is 0 Å². The molecule has 0 aliphatic heterocycles. The summed E-state index contributed by atoms with van der Waals surface area (Å²) in [5.74, 6) is 0.405. The summed E-state index contributed by atoms with van der Waals surface area (Å²) in [6, 6.07) is 2.38. The first-order chi connectivity index (χ1) is 8.78. The quantitative estimate of drug-likeness (QED) is 0.734. The molecule has 0 saturated carbocycles. The molecule has 0 rings (SSSR count). The predicted molar refractivity (Wildman–Crippen MR) is 78.6 cm³/mol. The van der Waals surface area contributed by atoms with Crippen LogP contribution in [-0.4, -0.2) is 36.5 Å². The van der Waals surface area contributed by atoms with Crippen molar-refractivity contribution in [2.75, 3.05) is 19.6 Å². The Bertz CT molecular complexity index is 314. The van der Waals surface area contributed by atoms with Gasteiger partial charge in [-0.1, -0.05) is 27.7 Å². The highest BCUT2D eigenvalue weighted by Crippen LogP contribution is 2.14. The van der Waals surface area contributed by atoms with Crippen molar-refractivity contribution < 1.29 is 4.79 Å². The van der Waals surface area contributed by atoms with E-state index in [1.165, 1.54) is 0 Å². The first kappa shape index (κ1) is 17.9. The van der Waals surface area contributed by atoms with Crippen molar-refractivity contribution in [3.05, 3.63) is 0 Å². The molecule has 0 aliphatic carbocycles. The fourth-order valence-electron chi connectivity index (χ4n) is 2.13. The molecule has 0 aromatic carbocycles. The lowest BCUT2D eigenvalue weighted by Crippen LogP contribution is -2.47. The van der Waals surface area contributed by atoms with E-state index in [1.54, 1.807) is 13.8 Å². The van der Waals surface area contributed by atoms with E-state index < -0.39 is 5.41 Å². The highest BCUT2D eigenvalue weighted by atomic mass is 16.2. The third-order valence-corrected chi connectivity index (χ3v) is 3.42. The summed E-state index contributed by atoms with van der Waals surface area (Å²) < 4.78 is 0. The number of nitriles is 1. The van der Waals surface area contributed by atoms with Crippen LogP contribution in [0.3, 0.4) is 0 Å². The molecule has 0 aliphatic rings. The van der Waals surface area contributed by atoms with Gasteiger partial charge < -0.3 is 5.32 Å². The molecule has 0 aromatic rings. The van der Waals surface area contributed by atoms with Crippen molar-refractivity contribution in [1.82, 2.24) is 10.2 Å². The predicted octanol–water partition coefficient (Wildman–Crippen LogP) is 2.41. The number of nitrogens with zero attached hydrogens (tertiary/aromatic N) is 2. The van der Waals surface area contributed by atoms with Gasteiger partial charge in [0.1, 0.15) is 5.41 Å². The fourth-order valence-corrected chi connectivity index (χ4v) is 2.13. The van der Waals surface area contributed by atoms with Gasteiger partial charge in [0, 0.05) is 12.6 Å². The molecule has 0 spiro atoms. The topological polar surface area (TPSA) is 56.1 Å². The number of nitrogens with one attached hydrogen (secondary N) is 1. The van der Waals surface area contributed by atoms with E-state index in [4.69, 9.17) is 5.26 Å². The molecule has 1 atom stereocenters. The van der Waals surface area contributed by atoms with Crippen LogP contribution < -0.4 is 5.32 Å². The molecule has 0 saturated heterocycles. The molecule has 1 unspecified atom stereocenters. The standard InChI is InChI=1S/C15H29N3O/c1-7-18(8-2)13(9-12(3)4)10-17-14(19)15(5,6)11-16/h12-13H,7-10H2,1-6H3,(H,17,19). The van der Waals surface area contributed by atoms with Crippen LogP contribution in [0, 0.1) is 22.7 Å². The largest absolute Gasteiger partial charge is 0.353 e. The number of likely N-dealkylation sites (N-methyl/N-ethyl adjacent to an activating group) is 1. The minimum atomic E-state index is -0.953. The molecule has 19 heavy (non-hydrogen) atoms. The number of carbonyl (C=O) groups excluding carboxylic acids is 1. The molecule has 0 fully saturated rings. The average Bonchev–Trinajstić information content (AvgIpc) is 2.35. The molecular weight excluding hydrogens is 238 g/mol. The lowest BCUT2D eigenvalue weighted by Gasteiger charge is -2.31. The van der Waals surface area contributed by atoms with E-state index in [0.29, 0.717) is 18.5 Å². The monoisotopic (exact) mass is 267 g/mol. The summed E-state index contributed by atoms with van der Waals surface area (Å²) >= 11 is 0. The van der Waals surface area contributed by atoms with Crippen LogP contribution in [0.5, 0.6) is 0 Å². The van der Waals surface area contributed by atoms with Gasteiger partial charge in [0.05, 0.1) is 6.07 Å². The number of rotatable bonds is 8. The maximum atomic E-state index is 11.9. The summed E-state index contributed by atoms with van der Waals surface area (Å²) in [5, 5.41) is 11.9. The van der Waals surface area contributed by atoms with Crippen molar-refractivity contribution in [2.24, 2.45) is 11.3 Å². The van der Waals surface area contributed by atoms with Gasteiger partial charge in [-0.15, -0.1) is 0 Å².